The van der Waals surface area contributed by atoms with Crippen molar-refractivity contribution in [1.29, 1.82) is 0 Å². The van der Waals surface area contributed by atoms with Crippen LogP contribution in [-0.4, -0.2) is 24.2 Å². The number of halogens is 4. The Hall–Kier alpha value is -1.01. The summed E-state index contributed by atoms with van der Waals surface area (Å²) in [7, 11) is 1.52. The van der Waals surface area contributed by atoms with Gasteiger partial charge in [0.1, 0.15) is 11.0 Å². The highest BCUT2D eigenvalue weighted by Crippen LogP contribution is 2.32. The second kappa shape index (κ2) is 5.32. The number of pyridine rings is 1. The summed E-state index contributed by atoms with van der Waals surface area (Å²) in [4.78, 5) is 3.78. The Balaban J connectivity index is 2.88. The van der Waals surface area contributed by atoms with Crippen LogP contribution >= 0.6 is 11.6 Å². The van der Waals surface area contributed by atoms with Crippen LogP contribution in [0, 0.1) is 0 Å². The molecule has 1 aromatic rings. The average Bonchev–Trinajstić information content (AvgIpc) is 2.25. The topological polar surface area (TPSA) is 34.1 Å². The van der Waals surface area contributed by atoms with Gasteiger partial charge < -0.3 is 10.1 Å². The molecule has 0 bridgehead atoms. The fourth-order valence-electron chi connectivity index (χ4n) is 1.13. The lowest BCUT2D eigenvalue weighted by Crippen LogP contribution is -2.32. The molecule has 0 aromatic carbocycles. The quantitative estimate of drug-likeness (QED) is 0.857. The zero-order chi connectivity index (χ0) is 14.0. The molecule has 0 aliphatic heterocycles. The van der Waals surface area contributed by atoms with Gasteiger partial charge in [0.05, 0.1) is 11.2 Å². The summed E-state index contributed by atoms with van der Waals surface area (Å²) in [5.41, 5.74) is -1.34. The van der Waals surface area contributed by atoms with Crippen LogP contribution in [0.1, 0.15) is 19.4 Å². The van der Waals surface area contributed by atoms with E-state index < -0.39 is 17.3 Å². The Bertz CT molecular complexity index is 421. The van der Waals surface area contributed by atoms with Crippen molar-refractivity contribution in [3.63, 3.8) is 0 Å². The van der Waals surface area contributed by atoms with E-state index in [9.17, 15) is 13.2 Å². The SMILES string of the molecule is COC(C)(C)CNc1cc(C(F)(F)F)cc(Cl)n1. The molecule has 1 N–H and O–H groups in total. The first-order valence-corrected chi connectivity index (χ1v) is 5.56. The zero-order valence-electron chi connectivity index (χ0n) is 10.2. The smallest absolute Gasteiger partial charge is 0.377 e. The Morgan fingerprint density at radius 3 is 2.44 bits per heavy atom. The van der Waals surface area contributed by atoms with Crippen molar-refractivity contribution in [2.24, 2.45) is 0 Å². The number of hydrogen-bond donors (Lipinski definition) is 1. The summed E-state index contributed by atoms with van der Waals surface area (Å²) in [6.07, 6.45) is -4.44. The average molecular weight is 283 g/mol. The van der Waals surface area contributed by atoms with Gasteiger partial charge in [-0.2, -0.15) is 13.2 Å². The fourth-order valence-corrected chi connectivity index (χ4v) is 1.34. The van der Waals surface area contributed by atoms with Crippen LogP contribution in [-0.2, 0) is 10.9 Å². The van der Waals surface area contributed by atoms with E-state index in [-0.39, 0.29) is 11.0 Å². The van der Waals surface area contributed by atoms with Crippen molar-refractivity contribution in [2.45, 2.75) is 25.6 Å². The van der Waals surface area contributed by atoms with E-state index in [1.807, 2.05) is 0 Å². The maximum atomic E-state index is 12.5. The van der Waals surface area contributed by atoms with Crippen LogP contribution in [0.4, 0.5) is 19.0 Å². The summed E-state index contributed by atoms with van der Waals surface area (Å²) in [6.45, 7) is 3.92. The van der Waals surface area contributed by atoms with Crippen molar-refractivity contribution in [2.75, 3.05) is 19.0 Å². The van der Waals surface area contributed by atoms with E-state index in [0.717, 1.165) is 12.1 Å². The minimum atomic E-state index is -4.44. The van der Waals surface area contributed by atoms with Gasteiger partial charge in [-0.25, -0.2) is 4.98 Å². The van der Waals surface area contributed by atoms with Gasteiger partial charge in [-0.05, 0) is 26.0 Å². The van der Waals surface area contributed by atoms with Gasteiger partial charge in [0, 0.05) is 13.7 Å². The Labute approximate surface area is 108 Å². The zero-order valence-corrected chi connectivity index (χ0v) is 11.0. The molecule has 1 heterocycles. The van der Waals surface area contributed by atoms with E-state index in [0.29, 0.717) is 6.54 Å². The van der Waals surface area contributed by atoms with Crippen LogP contribution in [0.15, 0.2) is 12.1 Å². The lowest BCUT2D eigenvalue weighted by molar-refractivity contribution is -0.137. The molecule has 0 amide bonds. The Morgan fingerprint density at radius 2 is 1.94 bits per heavy atom. The van der Waals surface area contributed by atoms with Gasteiger partial charge in [0.15, 0.2) is 0 Å². The first kappa shape index (κ1) is 15.0. The van der Waals surface area contributed by atoms with Gasteiger partial charge in [-0.15, -0.1) is 0 Å². The molecule has 0 aliphatic rings. The highest BCUT2D eigenvalue weighted by atomic mass is 35.5. The molecule has 7 heteroatoms. The molecular weight excluding hydrogens is 269 g/mol. The maximum absolute atomic E-state index is 12.5. The number of aromatic nitrogens is 1. The highest BCUT2D eigenvalue weighted by Gasteiger charge is 2.31. The summed E-state index contributed by atoms with van der Waals surface area (Å²) in [5, 5.41) is 2.56. The first-order valence-electron chi connectivity index (χ1n) is 5.18. The van der Waals surface area contributed by atoms with Gasteiger partial charge >= 0.3 is 6.18 Å². The summed E-state index contributed by atoms with van der Waals surface area (Å²) in [6, 6.07) is 1.70. The maximum Gasteiger partial charge on any atom is 0.416 e. The first-order chi connectivity index (χ1) is 8.14. The second-order valence-corrected chi connectivity index (χ2v) is 4.77. The lowest BCUT2D eigenvalue weighted by atomic mass is 10.1. The van der Waals surface area contributed by atoms with Gasteiger partial charge in [-0.1, -0.05) is 11.6 Å². The van der Waals surface area contributed by atoms with Gasteiger partial charge in [0.25, 0.3) is 0 Å². The molecule has 0 radical (unpaired) electrons. The molecule has 1 rings (SSSR count). The van der Waals surface area contributed by atoms with Crippen molar-refractivity contribution in [3.8, 4) is 0 Å². The molecule has 0 aliphatic carbocycles. The summed E-state index contributed by atoms with van der Waals surface area (Å²) in [5.74, 6) is 0.0694. The van der Waals surface area contributed by atoms with Crippen LogP contribution in [0.3, 0.4) is 0 Å². The van der Waals surface area contributed by atoms with Crippen molar-refractivity contribution in [3.05, 3.63) is 22.8 Å². The van der Waals surface area contributed by atoms with Crippen LogP contribution < -0.4 is 5.32 Å². The minimum absolute atomic E-state index is 0.0694. The number of hydrogen-bond acceptors (Lipinski definition) is 3. The predicted molar refractivity (Wildman–Crippen MR) is 63.8 cm³/mol. The number of ether oxygens (including phenoxy) is 1. The molecular formula is C11H14ClF3N2O. The minimum Gasteiger partial charge on any atom is -0.377 e. The number of alkyl halides is 3. The molecule has 0 fully saturated rings. The van der Waals surface area contributed by atoms with E-state index in [1.54, 1.807) is 13.8 Å². The molecule has 102 valence electrons. The van der Waals surface area contributed by atoms with Gasteiger partial charge in [-0.3, -0.25) is 0 Å². The molecule has 0 saturated heterocycles. The van der Waals surface area contributed by atoms with Crippen molar-refractivity contribution < 1.29 is 17.9 Å². The molecule has 1 aromatic heterocycles. The summed E-state index contributed by atoms with van der Waals surface area (Å²) < 4.78 is 42.8. The molecule has 0 saturated carbocycles. The Morgan fingerprint density at radius 1 is 1.33 bits per heavy atom. The standard InChI is InChI=1S/C11H14ClF3N2O/c1-10(2,18-3)6-16-9-5-7(11(13,14)15)4-8(12)17-9/h4-5H,6H2,1-3H3,(H,16,17). The van der Waals surface area contributed by atoms with Crippen molar-refractivity contribution >= 4 is 17.4 Å². The van der Waals surface area contributed by atoms with Gasteiger partial charge in [0.2, 0.25) is 0 Å². The third kappa shape index (κ3) is 4.34. The largest absolute Gasteiger partial charge is 0.416 e. The molecule has 0 atom stereocenters. The number of nitrogens with one attached hydrogen (secondary N) is 1. The third-order valence-corrected chi connectivity index (χ3v) is 2.56. The lowest BCUT2D eigenvalue weighted by Gasteiger charge is -2.23. The van der Waals surface area contributed by atoms with Crippen molar-refractivity contribution in [1.82, 2.24) is 4.98 Å². The van der Waals surface area contributed by atoms with E-state index >= 15 is 0 Å². The van der Waals surface area contributed by atoms with Crippen LogP contribution in [0.2, 0.25) is 5.15 Å². The number of anilines is 1. The molecule has 0 unspecified atom stereocenters. The summed E-state index contributed by atoms with van der Waals surface area (Å²) >= 11 is 5.56. The predicted octanol–water partition coefficient (Wildman–Crippen LogP) is 3.59. The fraction of sp³-hybridized carbons (Fsp3) is 0.545. The molecule has 0 spiro atoms. The second-order valence-electron chi connectivity index (χ2n) is 4.38. The number of nitrogens with zero attached hydrogens (tertiary/aromatic N) is 1. The highest BCUT2D eigenvalue weighted by molar-refractivity contribution is 6.29. The van der Waals surface area contributed by atoms with Crippen LogP contribution in [0.5, 0.6) is 0 Å². The number of rotatable bonds is 4. The van der Waals surface area contributed by atoms with E-state index in [1.165, 1.54) is 7.11 Å². The third-order valence-electron chi connectivity index (χ3n) is 2.37. The molecule has 3 nitrogen and oxygen atoms in total. The van der Waals surface area contributed by atoms with E-state index in [2.05, 4.69) is 10.3 Å². The van der Waals surface area contributed by atoms with E-state index in [4.69, 9.17) is 16.3 Å². The normalized spacial score (nSPS) is 12.6. The number of methoxy groups -OCH3 is 1. The molecule has 18 heavy (non-hydrogen) atoms. The van der Waals surface area contributed by atoms with Crippen LogP contribution in [0.25, 0.3) is 0 Å². The Kier molecular flexibility index (Phi) is 4.45. The monoisotopic (exact) mass is 282 g/mol.